The molecule has 2 saturated heterocycles. The number of carbonyl (C=O) groups excluding carboxylic acids is 1. The first-order valence-corrected chi connectivity index (χ1v) is 7.52. The van der Waals surface area contributed by atoms with Gasteiger partial charge in [0, 0.05) is 45.1 Å². The van der Waals surface area contributed by atoms with Crippen LogP contribution in [-0.2, 0) is 0 Å². The van der Waals surface area contributed by atoms with E-state index in [1.54, 1.807) is 0 Å². The summed E-state index contributed by atoms with van der Waals surface area (Å²) in [5.74, 6) is 0. The van der Waals surface area contributed by atoms with E-state index in [1.165, 1.54) is 12.0 Å². The molecule has 2 fully saturated rings. The van der Waals surface area contributed by atoms with Crippen LogP contribution >= 0.6 is 0 Å². The smallest absolute Gasteiger partial charge is 0.320 e. The fourth-order valence-corrected chi connectivity index (χ4v) is 3.13. The fraction of sp³-hybridized carbons (Fsp3) is 0.600. The Hall–Kier alpha value is -1.62. The summed E-state index contributed by atoms with van der Waals surface area (Å²) in [5.41, 5.74) is 1.21. The molecule has 20 heavy (non-hydrogen) atoms. The van der Waals surface area contributed by atoms with E-state index in [-0.39, 0.29) is 12.1 Å². The van der Waals surface area contributed by atoms with Crippen LogP contribution < -0.4 is 5.32 Å². The molecule has 1 unspecified atom stereocenters. The summed E-state index contributed by atoms with van der Waals surface area (Å²) in [6.45, 7) is 4.31. The van der Waals surface area contributed by atoms with Gasteiger partial charge in [0.25, 0.3) is 0 Å². The Morgan fingerprint density at radius 1 is 1.15 bits per heavy atom. The number of carbonyl (C=O) groups is 1. The molecular weight excluding hydrogens is 252 g/mol. The van der Waals surface area contributed by atoms with E-state index in [2.05, 4.69) is 15.2 Å². The number of piperidine rings is 1. The maximum Gasteiger partial charge on any atom is 0.320 e. The van der Waals surface area contributed by atoms with Crippen LogP contribution in [0.25, 0.3) is 0 Å². The lowest BCUT2D eigenvalue weighted by molar-refractivity contribution is 0.111. The van der Waals surface area contributed by atoms with E-state index in [9.17, 15) is 4.79 Å². The second kappa shape index (κ2) is 6.22. The number of hydrogen-bond donors (Lipinski definition) is 1. The summed E-state index contributed by atoms with van der Waals surface area (Å²) in [4.78, 5) is 20.9. The van der Waals surface area contributed by atoms with Gasteiger partial charge in [0.15, 0.2) is 0 Å². The Labute approximate surface area is 120 Å². The molecule has 0 radical (unpaired) electrons. The molecule has 3 rings (SSSR count). The number of piperazine rings is 1. The Balaban J connectivity index is 1.76. The first kappa shape index (κ1) is 13.4. The number of nitrogens with one attached hydrogen (secondary N) is 1. The van der Waals surface area contributed by atoms with Crippen molar-refractivity contribution in [3.05, 3.63) is 30.1 Å². The molecule has 3 heterocycles. The van der Waals surface area contributed by atoms with Crippen LogP contribution in [-0.4, -0.2) is 53.5 Å². The van der Waals surface area contributed by atoms with Crippen molar-refractivity contribution in [1.29, 1.82) is 0 Å². The van der Waals surface area contributed by atoms with E-state index in [0.29, 0.717) is 0 Å². The molecule has 5 heteroatoms. The summed E-state index contributed by atoms with van der Waals surface area (Å²) >= 11 is 0. The molecule has 0 aliphatic carbocycles. The first-order chi connectivity index (χ1) is 9.86. The standard InChI is InChI=1S/C15H22N4O/c20-15(18-11-8-17-9-12-18)19-10-2-1-3-14(19)13-4-6-16-7-5-13/h4-7,14,17H,1-3,8-12H2. The number of amides is 2. The van der Waals surface area contributed by atoms with Gasteiger partial charge in [-0.25, -0.2) is 4.79 Å². The average Bonchev–Trinajstić information content (AvgIpc) is 2.56. The zero-order chi connectivity index (χ0) is 13.8. The molecule has 108 valence electrons. The highest BCUT2D eigenvalue weighted by Gasteiger charge is 2.31. The predicted molar refractivity (Wildman–Crippen MR) is 77.4 cm³/mol. The average molecular weight is 274 g/mol. The van der Waals surface area contributed by atoms with Gasteiger partial charge in [-0.2, -0.15) is 0 Å². The third-order valence-corrected chi connectivity index (χ3v) is 4.23. The number of aromatic nitrogens is 1. The number of rotatable bonds is 1. The van der Waals surface area contributed by atoms with Gasteiger partial charge in [-0.3, -0.25) is 4.98 Å². The number of likely N-dealkylation sites (tertiary alicyclic amines) is 1. The molecule has 5 nitrogen and oxygen atoms in total. The van der Waals surface area contributed by atoms with Crippen molar-refractivity contribution in [2.24, 2.45) is 0 Å². The minimum absolute atomic E-state index is 0.202. The first-order valence-electron chi connectivity index (χ1n) is 7.52. The predicted octanol–water partition coefficient (Wildman–Crippen LogP) is 1.63. The van der Waals surface area contributed by atoms with Crippen LogP contribution in [0.5, 0.6) is 0 Å². The van der Waals surface area contributed by atoms with Crippen molar-refractivity contribution in [2.75, 3.05) is 32.7 Å². The van der Waals surface area contributed by atoms with Gasteiger partial charge in [-0.15, -0.1) is 0 Å². The number of pyridine rings is 1. The molecule has 0 spiro atoms. The summed E-state index contributed by atoms with van der Waals surface area (Å²) in [6, 6.07) is 4.49. The highest BCUT2D eigenvalue weighted by molar-refractivity contribution is 5.75. The van der Waals surface area contributed by atoms with E-state index >= 15 is 0 Å². The van der Waals surface area contributed by atoms with Crippen LogP contribution in [0, 0.1) is 0 Å². The third-order valence-electron chi connectivity index (χ3n) is 4.23. The highest BCUT2D eigenvalue weighted by Crippen LogP contribution is 2.31. The Kier molecular flexibility index (Phi) is 4.16. The molecular formula is C15H22N4O. The van der Waals surface area contributed by atoms with Crippen molar-refractivity contribution in [3.8, 4) is 0 Å². The second-order valence-corrected chi connectivity index (χ2v) is 5.51. The van der Waals surface area contributed by atoms with E-state index in [0.717, 1.165) is 45.6 Å². The van der Waals surface area contributed by atoms with Gasteiger partial charge in [0.1, 0.15) is 0 Å². The van der Waals surface area contributed by atoms with Crippen molar-refractivity contribution < 1.29 is 4.79 Å². The number of nitrogens with zero attached hydrogens (tertiary/aromatic N) is 3. The molecule has 2 aliphatic rings. The fourth-order valence-electron chi connectivity index (χ4n) is 3.13. The van der Waals surface area contributed by atoms with Crippen LogP contribution in [0.1, 0.15) is 30.9 Å². The molecule has 2 aliphatic heterocycles. The van der Waals surface area contributed by atoms with Crippen LogP contribution in [0.4, 0.5) is 4.79 Å². The lowest BCUT2D eigenvalue weighted by atomic mass is 9.96. The molecule has 0 saturated carbocycles. The van der Waals surface area contributed by atoms with Crippen molar-refractivity contribution in [3.63, 3.8) is 0 Å². The Bertz CT molecular complexity index is 444. The summed E-state index contributed by atoms with van der Waals surface area (Å²) in [7, 11) is 0. The second-order valence-electron chi connectivity index (χ2n) is 5.51. The van der Waals surface area contributed by atoms with E-state index in [4.69, 9.17) is 0 Å². The minimum atomic E-state index is 0.202. The molecule has 2 amide bonds. The van der Waals surface area contributed by atoms with Crippen molar-refractivity contribution in [2.45, 2.75) is 25.3 Å². The molecule has 1 atom stereocenters. The van der Waals surface area contributed by atoms with Gasteiger partial charge in [-0.05, 0) is 37.0 Å². The number of hydrogen-bond acceptors (Lipinski definition) is 3. The van der Waals surface area contributed by atoms with Crippen LogP contribution in [0.15, 0.2) is 24.5 Å². The topological polar surface area (TPSA) is 48.5 Å². The van der Waals surface area contributed by atoms with E-state index in [1.807, 2.05) is 29.4 Å². The monoisotopic (exact) mass is 274 g/mol. The van der Waals surface area contributed by atoms with Crippen LogP contribution in [0.3, 0.4) is 0 Å². The normalized spacial score (nSPS) is 23.7. The van der Waals surface area contributed by atoms with Gasteiger partial charge in [0.05, 0.1) is 6.04 Å². The maximum absolute atomic E-state index is 12.7. The van der Waals surface area contributed by atoms with Gasteiger partial charge in [0.2, 0.25) is 0 Å². The Morgan fingerprint density at radius 3 is 2.65 bits per heavy atom. The van der Waals surface area contributed by atoms with Crippen molar-refractivity contribution in [1.82, 2.24) is 20.1 Å². The molecule has 0 bridgehead atoms. The quantitative estimate of drug-likeness (QED) is 0.847. The lowest BCUT2D eigenvalue weighted by Crippen LogP contribution is -2.53. The van der Waals surface area contributed by atoms with Gasteiger partial charge in [-0.1, -0.05) is 0 Å². The van der Waals surface area contributed by atoms with Gasteiger partial charge < -0.3 is 15.1 Å². The highest BCUT2D eigenvalue weighted by atomic mass is 16.2. The third kappa shape index (κ3) is 2.77. The molecule has 1 N–H and O–H groups in total. The SMILES string of the molecule is O=C(N1CCNCC1)N1CCCCC1c1ccncc1. The van der Waals surface area contributed by atoms with Crippen LogP contribution in [0.2, 0.25) is 0 Å². The summed E-state index contributed by atoms with van der Waals surface area (Å²) < 4.78 is 0. The number of urea groups is 1. The largest absolute Gasteiger partial charge is 0.322 e. The summed E-state index contributed by atoms with van der Waals surface area (Å²) in [6.07, 6.45) is 6.99. The molecule has 1 aromatic heterocycles. The molecule has 0 aromatic carbocycles. The van der Waals surface area contributed by atoms with E-state index < -0.39 is 0 Å². The van der Waals surface area contributed by atoms with Gasteiger partial charge >= 0.3 is 6.03 Å². The molecule has 1 aromatic rings. The lowest BCUT2D eigenvalue weighted by Gasteiger charge is -2.40. The van der Waals surface area contributed by atoms with Crippen molar-refractivity contribution >= 4 is 6.03 Å². The minimum Gasteiger partial charge on any atom is -0.322 e. The Morgan fingerprint density at radius 2 is 1.90 bits per heavy atom. The zero-order valence-corrected chi connectivity index (χ0v) is 11.8. The summed E-state index contributed by atoms with van der Waals surface area (Å²) in [5, 5.41) is 3.29. The zero-order valence-electron chi connectivity index (χ0n) is 11.8. The maximum atomic E-state index is 12.7.